The van der Waals surface area contributed by atoms with Crippen LogP contribution in [-0.4, -0.2) is 24.8 Å². The van der Waals surface area contributed by atoms with Crippen molar-refractivity contribution in [2.75, 3.05) is 18.9 Å². The third kappa shape index (κ3) is 5.36. The molecule has 0 aliphatic heterocycles. The minimum absolute atomic E-state index is 0.215. The van der Waals surface area contributed by atoms with E-state index >= 15 is 0 Å². The van der Waals surface area contributed by atoms with Crippen molar-refractivity contribution in [3.05, 3.63) is 29.8 Å². The normalized spacial score (nSPS) is 11.2. The van der Waals surface area contributed by atoms with Crippen LogP contribution in [0.1, 0.15) is 31.1 Å². The fourth-order valence-electron chi connectivity index (χ4n) is 1.18. The Morgan fingerprint density at radius 1 is 1.18 bits per heavy atom. The summed E-state index contributed by atoms with van der Waals surface area (Å²) < 4.78 is 10.5. The SMILES string of the molecule is CC(C)(C)OCCOC(=O)c1ccc(N)cc1. The number of esters is 1. The second-order valence-corrected chi connectivity index (χ2v) is 4.72. The molecule has 0 saturated carbocycles. The van der Waals surface area contributed by atoms with Crippen LogP contribution in [-0.2, 0) is 9.47 Å². The number of benzene rings is 1. The fourth-order valence-corrected chi connectivity index (χ4v) is 1.18. The average Bonchev–Trinajstić information content (AvgIpc) is 2.24. The Kier molecular flexibility index (Phi) is 4.52. The first-order valence-electron chi connectivity index (χ1n) is 5.55. The van der Waals surface area contributed by atoms with Gasteiger partial charge in [0.1, 0.15) is 6.61 Å². The van der Waals surface area contributed by atoms with Gasteiger partial charge in [0.15, 0.2) is 0 Å². The Morgan fingerprint density at radius 3 is 2.29 bits per heavy atom. The molecule has 17 heavy (non-hydrogen) atoms. The second-order valence-electron chi connectivity index (χ2n) is 4.72. The van der Waals surface area contributed by atoms with Crippen LogP contribution in [0.15, 0.2) is 24.3 Å². The van der Waals surface area contributed by atoms with Crippen LogP contribution in [0, 0.1) is 0 Å². The monoisotopic (exact) mass is 237 g/mol. The molecule has 0 fully saturated rings. The molecule has 0 radical (unpaired) electrons. The molecule has 0 amide bonds. The highest BCUT2D eigenvalue weighted by Crippen LogP contribution is 2.08. The van der Waals surface area contributed by atoms with E-state index in [1.165, 1.54) is 0 Å². The van der Waals surface area contributed by atoms with Gasteiger partial charge < -0.3 is 15.2 Å². The van der Waals surface area contributed by atoms with E-state index in [4.69, 9.17) is 15.2 Å². The molecule has 0 bridgehead atoms. The van der Waals surface area contributed by atoms with E-state index in [1.54, 1.807) is 24.3 Å². The van der Waals surface area contributed by atoms with Crippen molar-refractivity contribution < 1.29 is 14.3 Å². The molecule has 0 unspecified atom stereocenters. The summed E-state index contributed by atoms with van der Waals surface area (Å²) in [5.74, 6) is -0.359. The molecular weight excluding hydrogens is 218 g/mol. The van der Waals surface area contributed by atoms with Crippen molar-refractivity contribution in [2.24, 2.45) is 0 Å². The number of carbonyl (C=O) groups is 1. The van der Waals surface area contributed by atoms with Crippen molar-refractivity contribution >= 4 is 11.7 Å². The van der Waals surface area contributed by atoms with E-state index in [1.807, 2.05) is 20.8 Å². The second kappa shape index (κ2) is 5.68. The molecule has 0 aliphatic rings. The molecule has 0 aromatic heterocycles. The molecule has 0 atom stereocenters. The Hall–Kier alpha value is -1.55. The van der Waals surface area contributed by atoms with Gasteiger partial charge in [0.05, 0.1) is 17.8 Å². The zero-order valence-corrected chi connectivity index (χ0v) is 10.5. The van der Waals surface area contributed by atoms with Crippen LogP contribution in [0.3, 0.4) is 0 Å². The first-order chi connectivity index (χ1) is 7.88. The molecule has 1 rings (SSSR count). The summed E-state index contributed by atoms with van der Waals surface area (Å²) in [6, 6.07) is 6.62. The van der Waals surface area contributed by atoms with E-state index in [0.717, 1.165) is 0 Å². The maximum Gasteiger partial charge on any atom is 0.338 e. The highest BCUT2D eigenvalue weighted by Gasteiger charge is 2.11. The third-order valence-electron chi connectivity index (χ3n) is 2.00. The summed E-state index contributed by atoms with van der Waals surface area (Å²) in [5.41, 5.74) is 6.43. The standard InChI is InChI=1S/C13H19NO3/c1-13(2,3)17-9-8-16-12(15)10-4-6-11(14)7-5-10/h4-7H,8-9,14H2,1-3H3. The van der Waals surface area contributed by atoms with Crippen molar-refractivity contribution in [3.63, 3.8) is 0 Å². The number of nitrogen functional groups attached to an aromatic ring is 1. The van der Waals surface area contributed by atoms with Gasteiger partial charge in [-0.1, -0.05) is 0 Å². The van der Waals surface area contributed by atoms with Gasteiger partial charge in [-0.2, -0.15) is 0 Å². The van der Waals surface area contributed by atoms with Crippen LogP contribution in [0.2, 0.25) is 0 Å². The third-order valence-corrected chi connectivity index (χ3v) is 2.00. The fraction of sp³-hybridized carbons (Fsp3) is 0.462. The van der Waals surface area contributed by atoms with Crippen LogP contribution in [0.4, 0.5) is 5.69 Å². The summed E-state index contributed by atoms with van der Waals surface area (Å²) >= 11 is 0. The summed E-state index contributed by atoms with van der Waals surface area (Å²) in [7, 11) is 0. The lowest BCUT2D eigenvalue weighted by Gasteiger charge is -2.19. The molecule has 0 saturated heterocycles. The summed E-state index contributed by atoms with van der Waals surface area (Å²) in [6.07, 6.45) is 0. The first kappa shape index (κ1) is 13.5. The Morgan fingerprint density at radius 2 is 1.76 bits per heavy atom. The van der Waals surface area contributed by atoms with E-state index in [-0.39, 0.29) is 18.2 Å². The summed E-state index contributed by atoms with van der Waals surface area (Å²) in [6.45, 7) is 6.50. The largest absolute Gasteiger partial charge is 0.460 e. The molecule has 0 aliphatic carbocycles. The van der Waals surface area contributed by atoms with Gasteiger partial charge >= 0.3 is 5.97 Å². The molecule has 2 N–H and O–H groups in total. The van der Waals surface area contributed by atoms with Gasteiger partial charge in [-0.05, 0) is 45.0 Å². The maximum absolute atomic E-state index is 11.6. The van der Waals surface area contributed by atoms with Gasteiger partial charge in [-0.3, -0.25) is 0 Å². The predicted octanol–water partition coefficient (Wildman–Crippen LogP) is 2.24. The minimum atomic E-state index is -0.359. The van der Waals surface area contributed by atoms with Crippen LogP contribution < -0.4 is 5.73 Å². The van der Waals surface area contributed by atoms with E-state index in [2.05, 4.69) is 0 Å². The molecule has 0 heterocycles. The van der Waals surface area contributed by atoms with Crippen LogP contribution in [0.25, 0.3) is 0 Å². The molecule has 94 valence electrons. The minimum Gasteiger partial charge on any atom is -0.460 e. The highest BCUT2D eigenvalue weighted by molar-refractivity contribution is 5.89. The summed E-state index contributed by atoms with van der Waals surface area (Å²) in [5, 5.41) is 0. The number of nitrogens with two attached hydrogens (primary N) is 1. The lowest BCUT2D eigenvalue weighted by molar-refractivity contribution is -0.0281. The van der Waals surface area contributed by atoms with Gasteiger partial charge in [0.2, 0.25) is 0 Å². The highest BCUT2D eigenvalue weighted by atomic mass is 16.6. The van der Waals surface area contributed by atoms with Crippen molar-refractivity contribution in [2.45, 2.75) is 26.4 Å². The van der Waals surface area contributed by atoms with Gasteiger partial charge in [0, 0.05) is 5.69 Å². The zero-order valence-electron chi connectivity index (χ0n) is 10.5. The quantitative estimate of drug-likeness (QED) is 0.495. The predicted molar refractivity (Wildman–Crippen MR) is 66.8 cm³/mol. The van der Waals surface area contributed by atoms with Gasteiger partial charge in [0.25, 0.3) is 0 Å². The van der Waals surface area contributed by atoms with Crippen molar-refractivity contribution in [1.82, 2.24) is 0 Å². The topological polar surface area (TPSA) is 61.5 Å². The first-order valence-corrected chi connectivity index (χ1v) is 5.55. The molecule has 1 aromatic rings. The lowest BCUT2D eigenvalue weighted by atomic mass is 10.2. The maximum atomic E-state index is 11.6. The Balaban J connectivity index is 2.33. The Bertz CT molecular complexity index is 365. The van der Waals surface area contributed by atoms with Gasteiger partial charge in [-0.25, -0.2) is 4.79 Å². The number of hydrogen-bond donors (Lipinski definition) is 1. The zero-order chi connectivity index (χ0) is 12.9. The molecule has 0 spiro atoms. The average molecular weight is 237 g/mol. The Labute approximate surface area is 102 Å². The van der Waals surface area contributed by atoms with Crippen molar-refractivity contribution in [1.29, 1.82) is 0 Å². The summed E-state index contributed by atoms with van der Waals surface area (Å²) in [4.78, 5) is 11.6. The molecule has 4 heteroatoms. The van der Waals surface area contributed by atoms with Gasteiger partial charge in [-0.15, -0.1) is 0 Å². The number of ether oxygens (including phenoxy) is 2. The van der Waals surface area contributed by atoms with Crippen LogP contribution >= 0.6 is 0 Å². The molecular formula is C13H19NO3. The van der Waals surface area contributed by atoms with E-state index in [9.17, 15) is 4.79 Å². The number of hydrogen-bond acceptors (Lipinski definition) is 4. The molecule has 4 nitrogen and oxygen atoms in total. The number of rotatable bonds is 4. The smallest absolute Gasteiger partial charge is 0.338 e. The number of carbonyl (C=O) groups excluding carboxylic acids is 1. The molecule has 1 aromatic carbocycles. The lowest BCUT2D eigenvalue weighted by Crippen LogP contribution is -2.22. The van der Waals surface area contributed by atoms with E-state index in [0.29, 0.717) is 17.9 Å². The number of anilines is 1. The van der Waals surface area contributed by atoms with Crippen LogP contribution in [0.5, 0.6) is 0 Å². The van der Waals surface area contributed by atoms with Crippen molar-refractivity contribution in [3.8, 4) is 0 Å². The van der Waals surface area contributed by atoms with E-state index < -0.39 is 0 Å².